The Morgan fingerprint density at radius 2 is 0.921 bits per heavy atom. The van der Waals surface area contributed by atoms with Gasteiger partial charge in [-0.2, -0.15) is 0 Å². The van der Waals surface area contributed by atoms with Crippen molar-refractivity contribution in [2.45, 2.75) is 0 Å². The van der Waals surface area contributed by atoms with Crippen LogP contribution in [-0.2, 0) is 0 Å². The molecule has 0 aromatic heterocycles. The van der Waals surface area contributed by atoms with Crippen molar-refractivity contribution in [1.82, 2.24) is 0 Å². The molecule has 6 rings (SSSR count). The lowest BCUT2D eigenvalue weighted by molar-refractivity contribution is 0.0871. The van der Waals surface area contributed by atoms with E-state index >= 15 is 0 Å². The van der Waals surface area contributed by atoms with Gasteiger partial charge >= 0.3 is 0 Å². The topological polar surface area (TPSA) is 74.8 Å². The summed E-state index contributed by atoms with van der Waals surface area (Å²) in [6, 6.07) is 10.9. The molecule has 0 N–H and O–H groups in total. The van der Waals surface area contributed by atoms with Crippen LogP contribution in [0.25, 0.3) is 10.8 Å². The lowest BCUT2D eigenvalue weighted by Crippen LogP contribution is -2.44. The predicted molar refractivity (Wildman–Crippen MR) is 127 cm³/mol. The molecule has 188 valence electrons. The van der Waals surface area contributed by atoms with E-state index in [-0.39, 0.29) is 43.6 Å². The van der Waals surface area contributed by atoms with Crippen molar-refractivity contribution in [2.75, 3.05) is 9.80 Å². The standard InChI is InChI=1S/C26H8BrF5N2O4/c27-9-2-1-3-10(8-9)33-23(35)11-4-6-13-16-14(7-5-12(15(11)16)24(33)36)26(38)34(25(13)37)22-20(31)18(29)17(28)19(30)21(22)32/h1-8H. The molecule has 38 heavy (non-hydrogen) atoms. The number of imide groups is 2. The Morgan fingerprint density at radius 1 is 0.526 bits per heavy atom. The molecule has 0 atom stereocenters. The Bertz CT molecular complexity index is 1740. The number of hydrogen-bond donors (Lipinski definition) is 0. The maximum Gasteiger partial charge on any atom is 0.266 e. The van der Waals surface area contributed by atoms with Crippen molar-refractivity contribution >= 4 is 61.7 Å². The Kier molecular flexibility index (Phi) is 5.05. The third-order valence-corrected chi connectivity index (χ3v) is 6.86. The number of amides is 4. The number of anilines is 2. The number of benzene rings is 4. The van der Waals surface area contributed by atoms with Crippen molar-refractivity contribution in [3.63, 3.8) is 0 Å². The second kappa shape index (κ2) is 8.02. The number of carbonyl (C=O) groups excluding carboxylic acids is 4. The normalized spacial score (nSPS) is 14.7. The van der Waals surface area contributed by atoms with E-state index < -0.39 is 58.4 Å². The molecular weight excluding hydrogens is 579 g/mol. The van der Waals surface area contributed by atoms with Crippen LogP contribution < -0.4 is 9.80 Å². The molecule has 0 aliphatic carbocycles. The average molecular weight is 587 g/mol. The van der Waals surface area contributed by atoms with Gasteiger partial charge in [0, 0.05) is 37.5 Å². The highest BCUT2D eigenvalue weighted by molar-refractivity contribution is 9.10. The first-order valence-electron chi connectivity index (χ1n) is 10.7. The molecule has 0 fully saturated rings. The number of halogens is 6. The Hall–Kier alpha value is -4.45. The van der Waals surface area contributed by atoms with Gasteiger partial charge in [-0.3, -0.25) is 19.2 Å². The molecule has 0 spiro atoms. The minimum Gasteiger partial charge on any atom is -0.268 e. The molecule has 0 bridgehead atoms. The van der Waals surface area contributed by atoms with Crippen molar-refractivity contribution in [3.8, 4) is 0 Å². The largest absolute Gasteiger partial charge is 0.268 e. The first-order valence-corrected chi connectivity index (χ1v) is 11.5. The summed E-state index contributed by atoms with van der Waals surface area (Å²) in [5, 5.41) is -0.189. The summed E-state index contributed by atoms with van der Waals surface area (Å²) in [6.45, 7) is 0. The number of rotatable bonds is 2. The van der Waals surface area contributed by atoms with E-state index in [0.29, 0.717) is 4.47 Å². The van der Waals surface area contributed by atoms with E-state index in [1.54, 1.807) is 18.2 Å². The molecule has 0 saturated carbocycles. The zero-order valence-corrected chi connectivity index (χ0v) is 20.0. The second-order valence-corrected chi connectivity index (χ2v) is 9.28. The number of nitrogens with zero attached hydrogens (tertiary/aromatic N) is 2. The van der Waals surface area contributed by atoms with E-state index in [0.717, 1.165) is 17.0 Å². The van der Waals surface area contributed by atoms with Gasteiger partial charge in [-0.05, 0) is 42.5 Å². The van der Waals surface area contributed by atoms with Gasteiger partial charge in [-0.1, -0.05) is 22.0 Å². The van der Waals surface area contributed by atoms with Crippen molar-refractivity contribution in [1.29, 1.82) is 0 Å². The Labute approximate surface area is 217 Å². The van der Waals surface area contributed by atoms with Crippen LogP contribution in [-0.4, -0.2) is 23.6 Å². The molecule has 4 amide bonds. The van der Waals surface area contributed by atoms with Gasteiger partial charge in [0.05, 0.1) is 5.69 Å². The Balaban J connectivity index is 1.58. The summed E-state index contributed by atoms with van der Waals surface area (Å²) in [4.78, 5) is 54.1. The summed E-state index contributed by atoms with van der Waals surface area (Å²) < 4.78 is 71.1. The smallest absolute Gasteiger partial charge is 0.266 e. The van der Waals surface area contributed by atoms with Gasteiger partial charge in [0.25, 0.3) is 23.6 Å². The summed E-state index contributed by atoms with van der Waals surface area (Å²) in [5.41, 5.74) is -2.31. The molecule has 6 nitrogen and oxygen atoms in total. The SMILES string of the molecule is O=C1c2ccc3c4c(ccc(c24)C(=O)N1c1cccc(Br)c1)C(=O)N(c1c(F)c(F)c(F)c(F)c1F)C3=O. The summed E-state index contributed by atoms with van der Waals surface area (Å²) >= 11 is 3.28. The lowest BCUT2D eigenvalue weighted by atomic mass is 9.85. The summed E-state index contributed by atoms with van der Waals surface area (Å²) in [5.74, 6) is -16.2. The fourth-order valence-corrected chi connectivity index (χ4v) is 5.10. The van der Waals surface area contributed by atoms with E-state index in [2.05, 4.69) is 15.9 Å². The van der Waals surface area contributed by atoms with Crippen LogP contribution in [0.15, 0.2) is 53.0 Å². The fourth-order valence-electron chi connectivity index (χ4n) is 4.72. The van der Waals surface area contributed by atoms with E-state index in [1.807, 2.05) is 0 Å². The van der Waals surface area contributed by atoms with Crippen molar-refractivity contribution < 1.29 is 41.1 Å². The van der Waals surface area contributed by atoms with Gasteiger partial charge < -0.3 is 0 Å². The van der Waals surface area contributed by atoms with E-state index in [4.69, 9.17) is 0 Å². The molecule has 12 heteroatoms. The van der Waals surface area contributed by atoms with Gasteiger partial charge in [0.15, 0.2) is 23.3 Å². The third kappa shape index (κ3) is 2.97. The summed E-state index contributed by atoms with van der Waals surface area (Å²) in [6.07, 6.45) is 0. The van der Waals surface area contributed by atoms with E-state index in [1.165, 1.54) is 18.2 Å². The second-order valence-electron chi connectivity index (χ2n) is 8.36. The molecule has 4 aromatic rings. The molecule has 2 heterocycles. The molecule has 0 radical (unpaired) electrons. The Morgan fingerprint density at radius 3 is 1.34 bits per heavy atom. The van der Waals surface area contributed by atoms with Crippen LogP contribution >= 0.6 is 15.9 Å². The summed E-state index contributed by atoms with van der Waals surface area (Å²) in [7, 11) is 0. The van der Waals surface area contributed by atoms with Crippen molar-refractivity contribution in [3.05, 3.63) is 104 Å². The minimum absolute atomic E-state index is 0.0366. The molecule has 2 aliphatic heterocycles. The molecular formula is C26H8BrF5N2O4. The van der Waals surface area contributed by atoms with Gasteiger partial charge in [0.2, 0.25) is 5.82 Å². The lowest BCUT2D eigenvalue weighted by Gasteiger charge is -2.32. The number of carbonyl (C=O) groups is 4. The molecule has 0 saturated heterocycles. The monoisotopic (exact) mass is 586 g/mol. The van der Waals surface area contributed by atoms with E-state index in [9.17, 15) is 41.1 Å². The average Bonchev–Trinajstić information content (AvgIpc) is 2.90. The van der Waals surface area contributed by atoms with Crippen molar-refractivity contribution in [2.24, 2.45) is 0 Å². The zero-order valence-electron chi connectivity index (χ0n) is 18.4. The van der Waals surface area contributed by atoms with Gasteiger partial charge in [-0.25, -0.2) is 31.8 Å². The molecule has 0 unspecified atom stereocenters. The van der Waals surface area contributed by atoms with Crippen LogP contribution in [0.1, 0.15) is 41.4 Å². The molecule has 4 aromatic carbocycles. The highest BCUT2D eigenvalue weighted by Crippen LogP contribution is 2.41. The van der Waals surface area contributed by atoms with Crippen LogP contribution in [0.5, 0.6) is 0 Å². The van der Waals surface area contributed by atoms with Gasteiger partial charge in [0.1, 0.15) is 5.69 Å². The fraction of sp³-hybridized carbons (Fsp3) is 0. The first kappa shape index (κ1) is 23.9. The number of hydrogen-bond acceptors (Lipinski definition) is 4. The van der Waals surface area contributed by atoms with Crippen LogP contribution in [0.3, 0.4) is 0 Å². The van der Waals surface area contributed by atoms with Crippen LogP contribution in [0.2, 0.25) is 0 Å². The van der Waals surface area contributed by atoms with Gasteiger partial charge in [-0.15, -0.1) is 0 Å². The highest BCUT2D eigenvalue weighted by Gasteiger charge is 2.43. The quantitative estimate of drug-likeness (QED) is 0.127. The zero-order chi connectivity index (χ0) is 27.2. The minimum atomic E-state index is -2.45. The maximum absolute atomic E-state index is 14.6. The predicted octanol–water partition coefficient (Wildman–Crippen LogP) is 5.90. The maximum atomic E-state index is 14.6. The van der Waals surface area contributed by atoms with Crippen LogP contribution in [0.4, 0.5) is 33.3 Å². The third-order valence-electron chi connectivity index (χ3n) is 6.37. The highest BCUT2D eigenvalue weighted by atomic mass is 79.9. The first-order chi connectivity index (χ1) is 18.0. The molecule has 2 aliphatic rings. The van der Waals surface area contributed by atoms with Crippen LogP contribution in [0, 0.1) is 29.1 Å².